The van der Waals surface area contributed by atoms with Crippen molar-refractivity contribution < 1.29 is 14.3 Å². The van der Waals surface area contributed by atoms with Crippen LogP contribution in [0.2, 0.25) is 0 Å². The van der Waals surface area contributed by atoms with Gasteiger partial charge in [-0.25, -0.2) is 4.98 Å². The third-order valence-electron chi connectivity index (χ3n) is 4.93. The molecule has 0 fully saturated rings. The summed E-state index contributed by atoms with van der Waals surface area (Å²) in [6.45, 7) is 0.702. The van der Waals surface area contributed by atoms with E-state index in [9.17, 15) is 14.4 Å². The average molecular weight is 354 g/mol. The van der Waals surface area contributed by atoms with E-state index < -0.39 is 5.92 Å². The summed E-state index contributed by atoms with van der Waals surface area (Å²) in [7, 11) is 1.53. The molecular weight excluding hydrogens is 336 g/mol. The Morgan fingerprint density at radius 1 is 1.35 bits per heavy atom. The number of benzene rings is 1. The van der Waals surface area contributed by atoms with Gasteiger partial charge in [-0.15, -0.1) is 0 Å². The summed E-state index contributed by atoms with van der Waals surface area (Å²) in [6, 6.07) is 5.39. The van der Waals surface area contributed by atoms with Crippen LogP contribution in [-0.4, -0.2) is 40.3 Å². The van der Waals surface area contributed by atoms with Crippen LogP contribution in [0.1, 0.15) is 29.2 Å². The zero-order valence-electron chi connectivity index (χ0n) is 14.2. The van der Waals surface area contributed by atoms with Crippen molar-refractivity contribution in [3.05, 3.63) is 51.7 Å². The third kappa shape index (κ3) is 2.63. The van der Waals surface area contributed by atoms with Gasteiger partial charge in [-0.1, -0.05) is 12.1 Å². The molecule has 2 N–H and O–H groups in total. The first-order valence-corrected chi connectivity index (χ1v) is 8.39. The number of aromatic nitrogens is 2. The molecule has 2 amide bonds. The molecule has 8 nitrogen and oxygen atoms in total. The zero-order valence-corrected chi connectivity index (χ0v) is 14.2. The Morgan fingerprint density at radius 2 is 2.19 bits per heavy atom. The van der Waals surface area contributed by atoms with Gasteiger partial charge >= 0.3 is 0 Å². The third-order valence-corrected chi connectivity index (χ3v) is 4.93. The number of nitrogens with one attached hydrogen (secondary N) is 2. The van der Waals surface area contributed by atoms with E-state index in [1.54, 1.807) is 11.0 Å². The molecule has 1 aromatic heterocycles. The molecule has 8 heteroatoms. The van der Waals surface area contributed by atoms with Gasteiger partial charge in [-0.2, -0.15) is 0 Å². The van der Waals surface area contributed by atoms with Crippen molar-refractivity contribution in [2.45, 2.75) is 25.3 Å². The Hall–Kier alpha value is -3.16. The Kier molecular flexibility index (Phi) is 3.95. The van der Waals surface area contributed by atoms with Crippen LogP contribution in [-0.2, 0) is 22.6 Å². The molecule has 0 radical (unpaired) electrons. The summed E-state index contributed by atoms with van der Waals surface area (Å²) in [5, 5.41) is 2.80. The first kappa shape index (κ1) is 16.3. The summed E-state index contributed by atoms with van der Waals surface area (Å²) in [5.74, 6) is -0.391. The number of hydrogen-bond donors (Lipinski definition) is 2. The summed E-state index contributed by atoms with van der Waals surface area (Å²) in [5.41, 5.74) is 2.38. The Balaban J connectivity index is 1.66. The van der Waals surface area contributed by atoms with Crippen molar-refractivity contribution in [2.24, 2.45) is 0 Å². The smallest absolute Gasteiger partial charge is 0.254 e. The van der Waals surface area contributed by atoms with Gasteiger partial charge in [0.2, 0.25) is 11.8 Å². The molecular formula is C18H18N4O4. The van der Waals surface area contributed by atoms with Crippen LogP contribution in [0, 0.1) is 0 Å². The SMILES string of the molecule is COc1cccc2c1NC(=O)C[C@@H]2C(=O)N1CCc2c(nc[nH]c2=O)C1. The van der Waals surface area contributed by atoms with Crippen LogP contribution in [0.5, 0.6) is 5.75 Å². The summed E-state index contributed by atoms with van der Waals surface area (Å²) in [6.07, 6.45) is 1.89. The van der Waals surface area contributed by atoms with E-state index in [-0.39, 0.29) is 30.3 Å². The van der Waals surface area contributed by atoms with Crippen LogP contribution in [0.4, 0.5) is 5.69 Å². The summed E-state index contributed by atoms with van der Waals surface area (Å²) in [4.78, 5) is 45.6. The molecule has 2 aliphatic heterocycles. The first-order valence-electron chi connectivity index (χ1n) is 8.39. The van der Waals surface area contributed by atoms with Crippen molar-refractivity contribution in [3.63, 3.8) is 0 Å². The van der Waals surface area contributed by atoms with Crippen LogP contribution < -0.4 is 15.6 Å². The van der Waals surface area contributed by atoms with Gasteiger partial charge in [-0.05, 0) is 18.1 Å². The predicted molar refractivity (Wildman–Crippen MR) is 93.0 cm³/mol. The number of methoxy groups -OCH3 is 1. The van der Waals surface area contributed by atoms with Gasteiger partial charge < -0.3 is 19.9 Å². The maximum absolute atomic E-state index is 13.1. The molecule has 0 saturated carbocycles. The van der Waals surface area contributed by atoms with Crippen LogP contribution in [0.25, 0.3) is 0 Å². The summed E-state index contributed by atoms with van der Waals surface area (Å²) < 4.78 is 5.31. The number of hydrogen-bond acceptors (Lipinski definition) is 5. The van der Waals surface area contributed by atoms with Gasteiger partial charge in [0.25, 0.3) is 5.56 Å². The van der Waals surface area contributed by atoms with E-state index in [0.717, 1.165) is 5.56 Å². The molecule has 2 aliphatic rings. The Bertz CT molecular complexity index is 952. The number of aromatic amines is 1. The first-order chi connectivity index (χ1) is 12.6. The molecule has 1 atom stereocenters. The highest BCUT2D eigenvalue weighted by molar-refractivity contribution is 6.02. The van der Waals surface area contributed by atoms with E-state index in [2.05, 4.69) is 15.3 Å². The molecule has 4 rings (SSSR count). The molecule has 0 bridgehead atoms. The van der Waals surface area contributed by atoms with Crippen molar-refractivity contribution in [1.29, 1.82) is 0 Å². The number of nitrogens with zero attached hydrogens (tertiary/aromatic N) is 2. The fraction of sp³-hybridized carbons (Fsp3) is 0.333. The fourth-order valence-electron chi connectivity index (χ4n) is 3.62. The van der Waals surface area contributed by atoms with Gasteiger partial charge in [0.15, 0.2) is 0 Å². The molecule has 0 spiro atoms. The number of anilines is 1. The minimum atomic E-state index is -0.572. The van der Waals surface area contributed by atoms with Gasteiger partial charge in [0.05, 0.1) is 37.3 Å². The number of carbonyl (C=O) groups is 2. The van der Waals surface area contributed by atoms with E-state index in [0.29, 0.717) is 35.7 Å². The van der Waals surface area contributed by atoms with E-state index in [1.807, 2.05) is 12.1 Å². The Morgan fingerprint density at radius 3 is 3.00 bits per heavy atom. The predicted octanol–water partition coefficient (Wildman–Crippen LogP) is 0.789. The van der Waals surface area contributed by atoms with Crippen LogP contribution >= 0.6 is 0 Å². The molecule has 2 aromatic rings. The van der Waals surface area contributed by atoms with Crippen molar-refractivity contribution in [1.82, 2.24) is 14.9 Å². The normalized spacial score (nSPS) is 18.6. The monoisotopic (exact) mass is 354 g/mol. The van der Waals surface area contributed by atoms with E-state index in [4.69, 9.17) is 4.74 Å². The van der Waals surface area contributed by atoms with Crippen molar-refractivity contribution in [3.8, 4) is 5.75 Å². The minimum Gasteiger partial charge on any atom is -0.495 e. The quantitative estimate of drug-likeness (QED) is 0.830. The second-order valence-electron chi connectivity index (χ2n) is 6.40. The highest BCUT2D eigenvalue weighted by Gasteiger charge is 2.36. The largest absolute Gasteiger partial charge is 0.495 e. The number of para-hydroxylation sites is 1. The number of fused-ring (bicyclic) bond motifs is 2. The lowest BCUT2D eigenvalue weighted by Gasteiger charge is -2.33. The van der Waals surface area contributed by atoms with Crippen molar-refractivity contribution in [2.75, 3.05) is 19.0 Å². The van der Waals surface area contributed by atoms with Crippen LogP contribution in [0.3, 0.4) is 0 Å². The second kappa shape index (κ2) is 6.29. The molecule has 26 heavy (non-hydrogen) atoms. The van der Waals surface area contributed by atoms with Gasteiger partial charge in [-0.3, -0.25) is 14.4 Å². The lowest BCUT2D eigenvalue weighted by atomic mass is 9.88. The van der Waals surface area contributed by atoms with Gasteiger partial charge in [0, 0.05) is 18.5 Å². The zero-order chi connectivity index (χ0) is 18.3. The van der Waals surface area contributed by atoms with Gasteiger partial charge in [0.1, 0.15) is 5.75 Å². The number of rotatable bonds is 2. The topological polar surface area (TPSA) is 104 Å². The molecule has 0 saturated heterocycles. The number of carbonyl (C=O) groups excluding carboxylic acids is 2. The van der Waals surface area contributed by atoms with Crippen LogP contribution in [0.15, 0.2) is 29.3 Å². The number of H-pyrrole nitrogens is 1. The highest BCUT2D eigenvalue weighted by atomic mass is 16.5. The fourth-order valence-corrected chi connectivity index (χ4v) is 3.62. The molecule has 0 aliphatic carbocycles. The molecule has 1 aromatic carbocycles. The van der Waals surface area contributed by atoms with Crippen molar-refractivity contribution >= 4 is 17.5 Å². The summed E-state index contributed by atoms with van der Waals surface area (Å²) >= 11 is 0. The number of amides is 2. The second-order valence-corrected chi connectivity index (χ2v) is 6.40. The average Bonchev–Trinajstić information content (AvgIpc) is 2.66. The highest BCUT2D eigenvalue weighted by Crippen LogP contribution is 2.39. The van der Waals surface area contributed by atoms with E-state index >= 15 is 0 Å². The number of ether oxygens (including phenoxy) is 1. The standard InChI is InChI=1S/C18H18N4O4/c1-26-14-4-2-3-10-12(7-15(23)21-16(10)14)18(25)22-6-5-11-13(8-22)19-9-20-17(11)24/h2-4,9,12H,5-8H2,1H3,(H,21,23)(H,19,20,24)/t12-/m0/s1. The molecule has 0 unspecified atom stereocenters. The molecule has 134 valence electrons. The lowest BCUT2D eigenvalue weighted by molar-refractivity contribution is -0.135. The minimum absolute atomic E-state index is 0.0885. The maximum atomic E-state index is 13.1. The lowest BCUT2D eigenvalue weighted by Crippen LogP contribution is -2.43. The Labute approximate surface area is 149 Å². The van der Waals surface area contributed by atoms with E-state index in [1.165, 1.54) is 13.4 Å². The molecule has 3 heterocycles. The maximum Gasteiger partial charge on any atom is 0.254 e.